The fourth-order valence-electron chi connectivity index (χ4n) is 2.21. The third-order valence-corrected chi connectivity index (χ3v) is 6.02. The van der Waals surface area contributed by atoms with Crippen LogP contribution in [0.25, 0.3) is 0 Å². The van der Waals surface area contributed by atoms with Gasteiger partial charge < -0.3 is 14.8 Å². The molecule has 0 saturated carbocycles. The molecule has 1 saturated heterocycles. The second-order valence-electron chi connectivity index (χ2n) is 5.35. The molecule has 3 nitrogen and oxygen atoms in total. The van der Waals surface area contributed by atoms with E-state index in [1.807, 2.05) is 19.9 Å². The molecule has 118 valence electrons. The second kappa shape index (κ2) is 8.81. The Hall–Kier alpha value is -0.520. The van der Waals surface area contributed by atoms with E-state index in [1.54, 1.807) is 7.11 Å². The Morgan fingerprint density at radius 3 is 2.81 bits per heavy atom. The number of ether oxygens (including phenoxy) is 2. The van der Waals surface area contributed by atoms with Crippen molar-refractivity contribution < 1.29 is 9.47 Å². The fourth-order valence-corrected chi connectivity index (χ4v) is 4.85. The van der Waals surface area contributed by atoms with Crippen LogP contribution in [0.5, 0.6) is 11.5 Å². The minimum Gasteiger partial charge on any atom is -0.493 e. The lowest BCUT2D eigenvalue weighted by Crippen LogP contribution is -2.28. The van der Waals surface area contributed by atoms with Crippen LogP contribution in [0, 0.1) is 0 Å². The van der Waals surface area contributed by atoms with Gasteiger partial charge in [-0.15, -0.1) is 0 Å². The Labute approximate surface area is 136 Å². The molecule has 0 aliphatic carbocycles. The molecular weight excluding hydrogens is 302 g/mol. The highest BCUT2D eigenvalue weighted by Crippen LogP contribution is 2.29. The fraction of sp³-hybridized carbons (Fsp3) is 0.625. The first-order chi connectivity index (χ1) is 10.2. The molecule has 0 spiro atoms. The van der Waals surface area contributed by atoms with Crippen molar-refractivity contribution in [3.8, 4) is 11.5 Å². The summed E-state index contributed by atoms with van der Waals surface area (Å²) in [6.45, 7) is 5.99. The van der Waals surface area contributed by atoms with E-state index in [-0.39, 0.29) is 6.10 Å². The predicted molar refractivity (Wildman–Crippen MR) is 94.0 cm³/mol. The van der Waals surface area contributed by atoms with Gasteiger partial charge in [-0.05, 0) is 31.5 Å². The molecule has 1 N–H and O–H groups in total. The summed E-state index contributed by atoms with van der Waals surface area (Å²) < 4.78 is 11.2. The molecule has 1 atom stereocenters. The number of nitrogens with one attached hydrogen (secondary N) is 1. The molecule has 1 unspecified atom stereocenters. The number of rotatable bonds is 7. The standard InChI is InChI=1S/C16H25NO2S2/c1-12(2)19-15-5-4-13(8-16(15)18-3)9-17-10-14-11-20-6-7-21-14/h4-5,8,12,14,17H,6-7,9-11H2,1-3H3. The van der Waals surface area contributed by atoms with Gasteiger partial charge in [0.2, 0.25) is 0 Å². The van der Waals surface area contributed by atoms with Crippen LogP contribution in [0.4, 0.5) is 0 Å². The zero-order valence-electron chi connectivity index (χ0n) is 13.1. The van der Waals surface area contributed by atoms with Crippen LogP contribution in [-0.2, 0) is 6.54 Å². The van der Waals surface area contributed by atoms with Crippen LogP contribution in [0.3, 0.4) is 0 Å². The summed E-state index contributed by atoms with van der Waals surface area (Å²) in [5.41, 5.74) is 1.23. The van der Waals surface area contributed by atoms with E-state index in [2.05, 4.69) is 41.0 Å². The maximum atomic E-state index is 5.74. The molecule has 0 bridgehead atoms. The Bertz CT molecular complexity index is 434. The molecule has 1 aliphatic heterocycles. The third-order valence-electron chi connectivity index (χ3n) is 3.18. The summed E-state index contributed by atoms with van der Waals surface area (Å²) in [7, 11) is 1.69. The highest BCUT2D eigenvalue weighted by molar-refractivity contribution is 8.06. The van der Waals surface area contributed by atoms with Crippen molar-refractivity contribution >= 4 is 23.5 Å². The van der Waals surface area contributed by atoms with Crippen molar-refractivity contribution in [3.63, 3.8) is 0 Å². The summed E-state index contributed by atoms with van der Waals surface area (Å²) in [6.07, 6.45) is 0.156. The molecule has 5 heteroatoms. The Balaban J connectivity index is 1.85. The van der Waals surface area contributed by atoms with Gasteiger partial charge in [0.25, 0.3) is 0 Å². The van der Waals surface area contributed by atoms with Crippen LogP contribution in [0.15, 0.2) is 18.2 Å². The first-order valence-electron chi connectivity index (χ1n) is 7.42. The Kier molecular flexibility index (Phi) is 7.07. The molecule has 2 rings (SSSR count). The quantitative estimate of drug-likeness (QED) is 0.829. The summed E-state index contributed by atoms with van der Waals surface area (Å²) in [5, 5.41) is 4.30. The summed E-state index contributed by atoms with van der Waals surface area (Å²) in [4.78, 5) is 0. The molecule has 0 radical (unpaired) electrons. The summed E-state index contributed by atoms with van der Waals surface area (Å²) >= 11 is 4.15. The van der Waals surface area contributed by atoms with Crippen LogP contribution in [-0.4, -0.2) is 42.3 Å². The molecule has 1 aromatic rings. The van der Waals surface area contributed by atoms with E-state index in [0.717, 1.165) is 29.8 Å². The van der Waals surface area contributed by atoms with Crippen molar-refractivity contribution in [3.05, 3.63) is 23.8 Å². The zero-order valence-corrected chi connectivity index (χ0v) is 14.7. The average Bonchev–Trinajstić information content (AvgIpc) is 2.49. The molecule has 1 aliphatic rings. The van der Waals surface area contributed by atoms with Gasteiger partial charge in [-0.1, -0.05) is 6.07 Å². The van der Waals surface area contributed by atoms with Crippen molar-refractivity contribution in [1.29, 1.82) is 0 Å². The van der Waals surface area contributed by atoms with E-state index < -0.39 is 0 Å². The minimum absolute atomic E-state index is 0.156. The lowest BCUT2D eigenvalue weighted by molar-refractivity contribution is 0.230. The van der Waals surface area contributed by atoms with E-state index >= 15 is 0 Å². The SMILES string of the molecule is COc1cc(CNCC2CSCCS2)ccc1OC(C)C. The van der Waals surface area contributed by atoms with Crippen molar-refractivity contribution in [2.45, 2.75) is 31.7 Å². The van der Waals surface area contributed by atoms with Gasteiger partial charge in [-0.3, -0.25) is 0 Å². The number of benzene rings is 1. The van der Waals surface area contributed by atoms with Crippen molar-refractivity contribution in [2.75, 3.05) is 30.9 Å². The summed E-state index contributed by atoms with van der Waals surface area (Å²) in [6, 6.07) is 6.17. The molecule has 1 aromatic carbocycles. The Morgan fingerprint density at radius 1 is 1.29 bits per heavy atom. The topological polar surface area (TPSA) is 30.5 Å². The number of hydrogen-bond acceptors (Lipinski definition) is 5. The van der Waals surface area contributed by atoms with Gasteiger partial charge in [0, 0.05) is 35.6 Å². The lowest BCUT2D eigenvalue weighted by Gasteiger charge is -2.21. The number of thioether (sulfide) groups is 2. The van der Waals surface area contributed by atoms with Crippen molar-refractivity contribution in [2.24, 2.45) is 0 Å². The molecule has 1 fully saturated rings. The maximum absolute atomic E-state index is 5.74. The lowest BCUT2D eigenvalue weighted by atomic mass is 10.2. The minimum atomic E-state index is 0.156. The third kappa shape index (κ3) is 5.64. The number of hydrogen-bond donors (Lipinski definition) is 1. The first kappa shape index (κ1) is 16.8. The van der Waals surface area contributed by atoms with Gasteiger partial charge in [0.05, 0.1) is 13.2 Å². The summed E-state index contributed by atoms with van der Waals surface area (Å²) in [5.74, 6) is 5.48. The molecule has 21 heavy (non-hydrogen) atoms. The van der Waals surface area contributed by atoms with Crippen LogP contribution < -0.4 is 14.8 Å². The molecular formula is C16H25NO2S2. The predicted octanol–water partition coefficient (Wildman–Crippen LogP) is 3.42. The average molecular weight is 328 g/mol. The van der Waals surface area contributed by atoms with Gasteiger partial charge in [-0.25, -0.2) is 0 Å². The highest BCUT2D eigenvalue weighted by atomic mass is 32.2. The van der Waals surface area contributed by atoms with Crippen LogP contribution >= 0.6 is 23.5 Å². The largest absolute Gasteiger partial charge is 0.493 e. The normalized spacial score (nSPS) is 18.8. The smallest absolute Gasteiger partial charge is 0.161 e. The van der Waals surface area contributed by atoms with Crippen molar-refractivity contribution in [1.82, 2.24) is 5.32 Å². The van der Waals surface area contributed by atoms with Gasteiger partial charge in [-0.2, -0.15) is 23.5 Å². The van der Waals surface area contributed by atoms with E-state index in [4.69, 9.17) is 9.47 Å². The van der Waals surface area contributed by atoms with Gasteiger partial charge in [0.1, 0.15) is 0 Å². The van der Waals surface area contributed by atoms with E-state index in [0.29, 0.717) is 0 Å². The van der Waals surface area contributed by atoms with Gasteiger partial charge in [0.15, 0.2) is 11.5 Å². The van der Waals surface area contributed by atoms with Crippen LogP contribution in [0.1, 0.15) is 19.4 Å². The maximum Gasteiger partial charge on any atom is 0.161 e. The Morgan fingerprint density at radius 2 is 2.14 bits per heavy atom. The number of methoxy groups -OCH3 is 1. The molecule has 0 amide bonds. The van der Waals surface area contributed by atoms with E-state index in [1.165, 1.54) is 22.8 Å². The van der Waals surface area contributed by atoms with Gasteiger partial charge >= 0.3 is 0 Å². The monoisotopic (exact) mass is 327 g/mol. The highest BCUT2D eigenvalue weighted by Gasteiger charge is 2.13. The van der Waals surface area contributed by atoms with E-state index in [9.17, 15) is 0 Å². The molecule has 1 heterocycles. The zero-order chi connectivity index (χ0) is 15.1. The van der Waals surface area contributed by atoms with Crippen LogP contribution in [0.2, 0.25) is 0 Å². The second-order valence-corrected chi connectivity index (χ2v) is 7.91. The molecule has 0 aromatic heterocycles. The first-order valence-corrected chi connectivity index (χ1v) is 9.63.